The third-order valence-electron chi connectivity index (χ3n) is 2.74. The van der Waals surface area contributed by atoms with Gasteiger partial charge in [0, 0.05) is 22.7 Å². The van der Waals surface area contributed by atoms with Crippen LogP contribution in [-0.2, 0) is 5.41 Å². The molecule has 1 aromatic heterocycles. The van der Waals surface area contributed by atoms with E-state index in [1.54, 1.807) is 18.2 Å². The molecule has 19 heavy (non-hydrogen) atoms. The Balaban J connectivity index is 2.13. The van der Waals surface area contributed by atoms with Crippen molar-refractivity contribution in [2.75, 3.05) is 5.32 Å². The summed E-state index contributed by atoms with van der Waals surface area (Å²) < 4.78 is 0. The zero-order chi connectivity index (χ0) is 14.0. The second kappa shape index (κ2) is 4.76. The van der Waals surface area contributed by atoms with Crippen LogP contribution in [0, 0.1) is 0 Å². The van der Waals surface area contributed by atoms with Gasteiger partial charge in [0.25, 0.3) is 5.91 Å². The number of carbonyl (C=O) groups excluding carboxylic acids is 1. The number of rotatable bonds is 2. The largest absolute Gasteiger partial charge is 0.508 e. The second-order valence-corrected chi connectivity index (χ2v) is 5.42. The minimum Gasteiger partial charge on any atom is -0.508 e. The molecule has 0 aliphatic carbocycles. The highest BCUT2D eigenvalue weighted by Crippen LogP contribution is 2.22. The van der Waals surface area contributed by atoms with Gasteiger partial charge in [-0.3, -0.25) is 9.89 Å². The predicted octanol–water partition coefficient (Wildman–Crippen LogP) is 2.67. The van der Waals surface area contributed by atoms with Gasteiger partial charge in [-0.1, -0.05) is 26.8 Å². The fourth-order valence-corrected chi connectivity index (χ4v) is 1.61. The maximum Gasteiger partial charge on any atom is 0.256 e. The van der Waals surface area contributed by atoms with Gasteiger partial charge in [-0.05, 0) is 18.2 Å². The van der Waals surface area contributed by atoms with Crippen LogP contribution in [0.1, 0.15) is 36.8 Å². The van der Waals surface area contributed by atoms with E-state index in [0.29, 0.717) is 11.4 Å². The molecule has 5 nitrogen and oxygen atoms in total. The Labute approximate surface area is 111 Å². The number of nitrogens with zero attached hydrogens (tertiary/aromatic N) is 1. The first-order chi connectivity index (χ1) is 8.86. The molecule has 0 spiro atoms. The molecule has 2 rings (SSSR count). The lowest BCUT2D eigenvalue weighted by Crippen LogP contribution is -2.12. The molecular formula is C14H17N3O2. The Kier molecular flexibility index (Phi) is 3.29. The maximum absolute atomic E-state index is 11.9. The predicted molar refractivity (Wildman–Crippen MR) is 73.3 cm³/mol. The van der Waals surface area contributed by atoms with Gasteiger partial charge in [0.05, 0.1) is 0 Å². The smallest absolute Gasteiger partial charge is 0.256 e. The number of aromatic amines is 1. The molecule has 3 N–H and O–H groups in total. The number of carbonyl (C=O) groups is 1. The van der Waals surface area contributed by atoms with Crippen LogP contribution >= 0.6 is 0 Å². The molecule has 5 heteroatoms. The molecule has 0 saturated carbocycles. The number of aromatic hydroxyl groups is 1. The van der Waals surface area contributed by atoms with Gasteiger partial charge in [0.1, 0.15) is 5.75 Å². The highest BCUT2D eigenvalue weighted by atomic mass is 16.3. The van der Waals surface area contributed by atoms with Crippen molar-refractivity contribution in [2.24, 2.45) is 0 Å². The Hall–Kier alpha value is -2.30. The van der Waals surface area contributed by atoms with Crippen LogP contribution in [0.2, 0.25) is 0 Å². The van der Waals surface area contributed by atoms with Crippen LogP contribution in [0.25, 0.3) is 0 Å². The minimum atomic E-state index is -0.303. The molecule has 0 aliphatic heterocycles. The van der Waals surface area contributed by atoms with Gasteiger partial charge >= 0.3 is 0 Å². The maximum atomic E-state index is 11.9. The SMILES string of the molecule is CC(C)(C)c1cc(NC(=O)c2cccc(O)c2)n[nH]1. The molecule has 100 valence electrons. The third-order valence-corrected chi connectivity index (χ3v) is 2.74. The van der Waals surface area contributed by atoms with E-state index in [2.05, 4.69) is 36.3 Å². The molecule has 2 aromatic rings. The average molecular weight is 259 g/mol. The van der Waals surface area contributed by atoms with Gasteiger partial charge in [-0.15, -0.1) is 0 Å². The molecule has 0 bridgehead atoms. The van der Waals surface area contributed by atoms with Crippen molar-refractivity contribution in [1.82, 2.24) is 10.2 Å². The summed E-state index contributed by atoms with van der Waals surface area (Å²) in [6, 6.07) is 7.98. The summed E-state index contributed by atoms with van der Waals surface area (Å²) in [6.45, 7) is 6.17. The fraction of sp³-hybridized carbons (Fsp3) is 0.286. The van der Waals surface area contributed by atoms with Crippen LogP contribution in [0.15, 0.2) is 30.3 Å². The lowest BCUT2D eigenvalue weighted by atomic mass is 9.92. The molecule has 0 atom stereocenters. The number of phenolic OH excluding ortho intramolecular Hbond substituents is 1. The van der Waals surface area contributed by atoms with Gasteiger partial charge in [-0.25, -0.2) is 0 Å². The van der Waals surface area contributed by atoms with Crippen molar-refractivity contribution in [1.29, 1.82) is 0 Å². The molecule has 1 aromatic carbocycles. The van der Waals surface area contributed by atoms with Crippen LogP contribution in [-0.4, -0.2) is 21.2 Å². The molecular weight excluding hydrogens is 242 g/mol. The fourth-order valence-electron chi connectivity index (χ4n) is 1.61. The van der Waals surface area contributed by atoms with Crippen molar-refractivity contribution >= 4 is 11.7 Å². The van der Waals surface area contributed by atoms with E-state index in [1.807, 2.05) is 0 Å². The summed E-state index contributed by atoms with van der Waals surface area (Å²) in [6.07, 6.45) is 0. The molecule has 0 aliphatic rings. The van der Waals surface area contributed by atoms with Gasteiger partial charge < -0.3 is 10.4 Å². The standard InChI is InChI=1S/C14H17N3O2/c1-14(2,3)11-8-12(17-16-11)15-13(19)9-5-4-6-10(18)7-9/h4-8,18H,1-3H3,(H2,15,16,17,19). The summed E-state index contributed by atoms with van der Waals surface area (Å²) in [7, 11) is 0. The summed E-state index contributed by atoms with van der Waals surface area (Å²) in [5.74, 6) is 0.228. The van der Waals surface area contributed by atoms with E-state index in [9.17, 15) is 9.90 Å². The van der Waals surface area contributed by atoms with Gasteiger partial charge in [0.2, 0.25) is 0 Å². The number of hydrogen-bond donors (Lipinski definition) is 3. The lowest BCUT2D eigenvalue weighted by Gasteiger charge is -2.14. The molecule has 0 radical (unpaired) electrons. The first-order valence-corrected chi connectivity index (χ1v) is 6.02. The van der Waals surface area contributed by atoms with Gasteiger partial charge in [-0.2, -0.15) is 5.10 Å². The molecule has 0 saturated heterocycles. The van der Waals surface area contributed by atoms with Crippen molar-refractivity contribution in [3.8, 4) is 5.75 Å². The highest BCUT2D eigenvalue weighted by Gasteiger charge is 2.17. The van der Waals surface area contributed by atoms with Gasteiger partial charge in [0.15, 0.2) is 5.82 Å². The number of amides is 1. The van der Waals surface area contributed by atoms with Crippen LogP contribution < -0.4 is 5.32 Å². The number of nitrogens with one attached hydrogen (secondary N) is 2. The van der Waals surface area contributed by atoms with E-state index in [1.165, 1.54) is 12.1 Å². The average Bonchev–Trinajstić information content (AvgIpc) is 2.77. The third kappa shape index (κ3) is 3.13. The normalized spacial score (nSPS) is 11.3. The zero-order valence-corrected chi connectivity index (χ0v) is 11.2. The Morgan fingerprint density at radius 3 is 2.63 bits per heavy atom. The molecule has 0 unspecified atom stereocenters. The summed E-state index contributed by atoms with van der Waals surface area (Å²) >= 11 is 0. The van der Waals surface area contributed by atoms with E-state index >= 15 is 0 Å². The van der Waals surface area contributed by atoms with Crippen LogP contribution in [0.4, 0.5) is 5.82 Å². The number of H-pyrrole nitrogens is 1. The summed E-state index contributed by atoms with van der Waals surface area (Å²) in [4.78, 5) is 11.9. The Morgan fingerprint density at radius 1 is 1.32 bits per heavy atom. The quantitative estimate of drug-likeness (QED) is 0.775. The zero-order valence-electron chi connectivity index (χ0n) is 11.2. The first-order valence-electron chi connectivity index (χ1n) is 6.02. The van der Waals surface area contributed by atoms with Crippen molar-refractivity contribution in [3.05, 3.63) is 41.6 Å². The monoisotopic (exact) mass is 259 g/mol. The number of anilines is 1. The van der Waals surface area contributed by atoms with Crippen LogP contribution in [0.5, 0.6) is 5.75 Å². The Morgan fingerprint density at radius 2 is 2.05 bits per heavy atom. The minimum absolute atomic E-state index is 0.0546. The molecule has 0 fully saturated rings. The van der Waals surface area contributed by atoms with Crippen molar-refractivity contribution < 1.29 is 9.90 Å². The van der Waals surface area contributed by atoms with E-state index in [0.717, 1.165) is 5.69 Å². The lowest BCUT2D eigenvalue weighted by molar-refractivity contribution is 0.102. The molecule has 1 amide bonds. The topological polar surface area (TPSA) is 78.0 Å². The number of phenols is 1. The van der Waals surface area contributed by atoms with Crippen molar-refractivity contribution in [2.45, 2.75) is 26.2 Å². The first kappa shape index (κ1) is 13.1. The second-order valence-electron chi connectivity index (χ2n) is 5.42. The number of hydrogen-bond acceptors (Lipinski definition) is 3. The Bertz CT molecular complexity index is 597. The summed E-state index contributed by atoms with van der Waals surface area (Å²) in [5.41, 5.74) is 1.28. The molecule has 1 heterocycles. The number of benzene rings is 1. The number of aromatic nitrogens is 2. The summed E-state index contributed by atoms with van der Waals surface area (Å²) in [5, 5.41) is 19.0. The van der Waals surface area contributed by atoms with Crippen LogP contribution in [0.3, 0.4) is 0 Å². The van der Waals surface area contributed by atoms with E-state index in [-0.39, 0.29) is 17.1 Å². The van der Waals surface area contributed by atoms with E-state index in [4.69, 9.17) is 0 Å². The van der Waals surface area contributed by atoms with E-state index < -0.39 is 0 Å². The van der Waals surface area contributed by atoms with Crippen molar-refractivity contribution in [3.63, 3.8) is 0 Å². The highest BCUT2D eigenvalue weighted by molar-refractivity contribution is 6.04.